The highest BCUT2D eigenvalue weighted by atomic mass is 32.2. The van der Waals surface area contributed by atoms with E-state index in [-0.39, 0.29) is 16.3 Å². The van der Waals surface area contributed by atoms with Crippen molar-refractivity contribution < 1.29 is 19.6 Å². The van der Waals surface area contributed by atoms with Gasteiger partial charge >= 0.3 is 11.7 Å². The van der Waals surface area contributed by atoms with E-state index in [0.29, 0.717) is 0 Å². The molecular formula is C11H13NO5S. The van der Waals surface area contributed by atoms with E-state index >= 15 is 0 Å². The summed E-state index contributed by atoms with van der Waals surface area (Å²) < 4.78 is 3.76. The fourth-order valence-corrected chi connectivity index (χ4v) is 2.30. The molecule has 0 amide bonds. The van der Waals surface area contributed by atoms with E-state index in [1.165, 1.54) is 33.1 Å². The highest BCUT2D eigenvalue weighted by molar-refractivity contribution is 8.01. The van der Waals surface area contributed by atoms with Crippen molar-refractivity contribution in [2.75, 3.05) is 7.11 Å². The Morgan fingerprint density at radius 3 is 2.56 bits per heavy atom. The Bertz CT molecular complexity index is 486. The molecule has 0 aromatic heterocycles. The van der Waals surface area contributed by atoms with Crippen LogP contribution >= 0.6 is 11.8 Å². The van der Waals surface area contributed by atoms with Gasteiger partial charge in [0.1, 0.15) is 4.75 Å². The maximum Gasteiger partial charge on any atom is 0.324 e. The van der Waals surface area contributed by atoms with Gasteiger partial charge in [-0.3, -0.25) is 14.9 Å². The maximum absolute atomic E-state index is 11.0. The average Bonchev–Trinajstić information content (AvgIpc) is 2.27. The molecule has 0 radical (unpaired) electrons. The third-order valence-corrected chi connectivity index (χ3v) is 3.48. The van der Waals surface area contributed by atoms with Gasteiger partial charge in [0.05, 0.1) is 16.9 Å². The third-order valence-electron chi connectivity index (χ3n) is 2.24. The predicted octanol–water partition coefficient (Wildman–Crippen LogP) is 2.56. The van der Waals surface area contributed by atoms with Crippen molar-refractivity contribution in [3.8, 4) is 5.75 Å². The lowest BCUT2D eigenvalue weighted by Gasteiger charge is -2.18. The first-order valence-corrected chi connectivity index (χ1v) is 5.85. The summed E-state index contributed by atoms with van der Waals surface area (Å²) >= 11 is 0.917. The first-order chi connectivity index (χ1) is 8.29. The minimum absolute atomic E-state index is 0.117. The molecule has 0 fully saturated rings. The van der Waals surface area contributed by atoms with E-state index in [0.717, 1.165) is 11.8 Å². The smallest absolute Gasteiger partial charge is 0.324 e. The number of rotatable bonds is 5. The molecule has 0 unspecified atom stereocenters. The molecule has 98 valence electrons. The van der Waals surface area contributed by atoms with E-state index in [1.807, 2.05) is 0 Å². The van der Waals surface area contributed by atoms with Crippen LogP contribution in [-0.2, 0) is 4.79 Å². The van der Waals surface area contributed by atoms with Crippen LogP contribution in [0.3, 0.4) is 0 Å². The van der Waals surface area contributed by atoms with Crippen LogP contribution in [0.4, 0.5) is 5.69 Å². The predicted molar refractivity (Wildman–Crippen MR) is 67.2 cm³/mol. The van der Waals surface area contributed by atoms with Crippen LogP contribution in [-0.4, -0.2) is 27.9 Å². The normalized spacial score (nSPS) is 11.1. The van der Waals surface area contributed by atoms with E-state index in [2.05, 4.69) is 0 Å². The van der Waals surface area contributed by atoms with Gasteiger partial charge in [-0.1, -0.05) is 6.07 Å². The van der Waals surface area contributed by atoms with E-state index in [1.54, 1.807) is 6.07 Å². The topological polar surface area (TPSA) is 89.7 Å². The molecule has 0 spiro atoms. The lowest BCUT2D eigenvalue weighted by atomic mass is 10.2. The van der Waals surface area contributed by atoms with Crippen LogP contribution in [0.15, 0.2) is 23.1 Å². The number of carboxylic acids is 1. The minimum atomic E-state index is -1.16. The molecule has 6 nitrogen and oxygen atoms in total. The largest absolute Gasteiger partial charge is 0.490 e. The van der Waals surface area contributed by atoms with Crippen LogP contribution in [0, 0.1) is 10.1 Å². The molecule has 1 aromatic rings. The number of hydrogen-bond acceptors (Lipinski definition) is 5. The molecule has 0 aliphatic rings. The Hall–Kier alpha value is -1.76. The monoisotopic (exact) mass is 271 g/mol. The van der Waals surface area contributed by atoms with Gasteiger partial charge in [0.2, 0.25) is 0 Å². The average molecular weight is 271 g/mol. The molecule has 0 saturated heterocycles. The number of nitro groups is 1. The van der Waals surface area contributed by atoms with Crippen molar-refractivity contribution in [3.05, 3.63) is 28.3 Å². The fourth-order valence-electron chi connectivity index (χ4n) is 1.25. The molecule has 0 atom stereocenters. The van der Waals surface area contributed by atoms with Crippen molar-refractivity contribution in [3.63, 3.8) is 0 Å². The minimum Gasteiger partial charge on any atom is -0.490 e. The SMILES string of the molecule is COc1cccc(SC(C)(C)C(=O)O)c1[N+](=O)[O-]. The number of ether oxygens (including phenoxy) is 1. The number of para-hydroxylation sites is 1. The van der Waals surface area contributed by atoms with Crippen molar-refractivity contribution in [2.24, 2.45) is 0 Å². The van der Waals surface area contributed by atoms with Crippen LogP contribution in [0.1, 0.15) is 13.8 Å². The zero-order valence-corrected chi connectivity index (χ0v) is 11.0. The summed E-state index contributed by atoms with van der Waals surface area (Å²) in [7, 11) is 1.33. The van der Waals surface area contributed by atoms with Gasteiger partial charge in [0, 0.05) is 0 Å². The maximum atomic E-state index is 11.0. The van der Waals surface area contributed by atoms with Gasteiger partial charge in [0.25, 0.3) is 0 Å². The Balaban J connectivity index is 3.25. The molecule has 0 saturated carbocycles. The van der Waals surface area contributed by atoms with Crippen LogP contribution in [0.25, 0.3) is 0 Å². The first kappa shape index (κ1) is 14.3. The Morgan fingerprint density at radius 2 is 2.11 bits per heavy atom. The molecule has 0 aliphatic carbocycles. The van der Waals surface area contributed by atoms with E-state index < -0.39 is 15.6 Å². The molecule has 7 heteroatoms. The van der Waals surface area contributed by atoms with Gasteiger partial charge in [-0.05, 0) is 26.0 Å². The molecule has 1 aromatic carbocycles. The first-order valence-electron chi connectivity index (χ1n) is 5.03. The van der Waals surface area contributed by atoms with Crippen LogP contribution < -0.4 is 4.74 Å². The Morgan fingerprint density at radius 1 is 1.50 bits per heavy atom. The van der Waals surface area contributed by atoms with Gasteiger partial charge < -0.3 is 9.84 Å². The highest BCUT2D eigenvalue weighted by Crippen LogP contribution is 2.42. The highest BCUT2D eigenvalue weighted by Gasteiger charge is 2.32. The summed E-state index contributed by atoms with van der Waals surface area (Å²) in [6, 6.07) is 4.57. The molecule has 18 heavy (non-hydrogen) atoms. The summed E-state index contributed by atoms with van der Waals surface area (Å²) in [5.41, 5.74) is -0.209. The lowest BCUT2D eigenvalue weighted by Crippen LogP contribution is -2.27. The second-order valence-corrected chi connectivity index (χ2v) is 5.65. The number of benzene rings is 1. The second-order valence-electron chi connectivity index (χ2n) is 3.98. The van der Waals surface area contributed by atoms with Gasteiger partial charge in [-0.25, -0.2) is 0 Å². The number of carboxylic acid groups (broad SMARTS) is 1. The van der Waals surface area contributed by atoms with E-state index in [4.69, 9.17) is 9.84 Å². The number of thioether (sulfide) groups is 1. The standard InChI is InChI=1S/C11H13NO5S/c1-11(2,10(13)14)18-8-6-4-5-7(17-3)9(8)12(15)16/h4-6H,1-3H3,(H,13,14). The number of hydrogen-bond donors (Lipinski definition) is 1. The van der Waals surface area contributed by atoms with Gasteiger partial charge in [-0.2, -0.15) is 0 Å². The van der Waals surface area contributed by atoms with Gasteiger partial charge in [0.15, 0.2) is 5.75 Å². The molecule has 0 heterocycles. The second kappa shape index (κ2) is 5.26. The summed E-state index contributed by atoms with van der Waals surface area (Å²) in [5.74, 6) is -0.921. The summed E-state index contributed by atoms with van der Waals surface area (Å²) in [6.07, 6.45) is 0. The molecular weight excluding hydrogens is 258 g/mol. The van der Waals surface area contributed by atoms with Gasteiger partial charge in [-0.15, -0.1) is 11.8 Å². The lowest BCUT2D eigenvalue weighted by molar-refractivity contribution is -0.388. The number of aliphatic carboxylic acids is 1. The molecule has 1 rings (SSSR count). The van der Waals surface area contributed by atoms with Crippen LogP contribution in [0.5, 0.6) is 5.75 Å². The number of methoxy groups -OCH3 is 1. The summed E-state index contributed by atoms with van der Waals surface area (Å²) in [5, 5.41) is 20.1. The molecule has 1 N–H and O–H groups in total. The number of nitro benzene ring substituents is 1. The zero-order chi connectivity index (χ0) is 13.9. The fraction of sp³-hybridized carbons (Fsp3) is 0.364. The molecule has 0 aliphatic heterocycles. The quantitative estimate of drug-likeness (QED) is 0.503. The van der Waals surface area contributed by atoms with E-state index in [9.17, 15) is 14.9 Å². The number of nitrogens with zero attached hydrogens (tertiary/aromatic N) is 1. The zero-order valence-electron chi connectivity index (χ0n) is 10.2. The molecule has 0 bridgehead atoms. The Kier molecular flexibility index (Phi) is 4.18. The van der Waals surface area contributed by atoms with Crippen LogP contribution in [0.2, 0.25) is 0 Å². The van der Waals surface area contributed by atoms with Crippen molar-refractivity contribution in [1.29, 1.82) is 0 Å². The summed E-state index contributed by atoms with van der Waals surface area (Å²) in [4.78, 5) is 21.8. The van der Waals surface area contributed by atoms with Crippen molar-refractivity contribution in [2.45, 2.75) is 23.5 Å². The third kappa shape index (κ3) is 2.92. The summed E-state index contributed by atoms with van der Waals surface area (Å²) in [6.45, 7) is 2.98. The van der Waals surface area contributed by atoms with Crippen molar-refractivity contribution in [1.82, 2.24) is 0 Å². The Labute approximate surface area is 108 Å². The van der Waals surface area contributed by atoms with Crippen molar-refractivity contribution >= 4 is 23.4 Å². The number of carbonyl (C=O) groups is 1.